The summed E-state index contributed by atoms with van der Waals surface area (Å²) in [6.07, 6.45) is 0.531. The molecule has 0 saturated heterocycles. The lowest BCUT2D eigenvalue weighted by atomic mass is 10.1. The maximum absolute atomic E-state index is 11.2. The van der Waals surface area contributed by atoms with Gasteiger partial charge in [0, 0.05) is 5.56 Å². The molecule has 0 saturated carbocycles. The Morgan fingerprint density at radius 3 is 2.85 bits per heavy atom. The smallest absolute Gasteiger partial charge is 0.373 e. The Balaban J connectivity index is 2.47. The van der Waals surface area contributed by atoms with Crippen LogP contribution in [-0.4, -0.2) is 16.1 Å². The third-order valence-electron chi connectivity index (χ3n) is 2.73. The van der Waals surface area contributed by atoms with Gasteiger partial charge in [0.1, 0.15) is 0 Å². The number of carbonyl (C=O) groups is 1. The lowest BCUT2D eigenvalue weighted by Crippen LogP contribution is -2.03. The van der Waals surface area contributed by atoms with Gasteiger partial charge in [0.05, 0.1) is 17.3 Å². The number of aromatic nitrogens is 1. The minimum absolute atomic E-state index is 0.129. The number of hydrogen-bond donors (Lipinski definition) is 1. The Labute approximate surface area is 116 Å². The van der Waals surface area contributed by atoms with Gasteiger partial charge in [-0.15, -0.1) is 0 Å². The third-order valence-corrected chi connectivity index (χ3v) is 2.73. The number of benzene rings is 1. The first kappa shape index (κ1) is 13.8. The summed E-state index contributed by atoms with van der Waals surface area (Å²) >= 11 is 0. The Morgan fingerprint density at radius 1 is 1.50 bits per heavy atom. The van der Waals surface area contributed by atoms with Crippen LogP contribution in [0, 0.1) is 17.2 Å². The van der Waals surface area contributed by atoms with Crippen LogP contribution in [0.1, 0.15) is 35.7 Å². The van der Waals surface area contributed by atoms with Gasteiger partial charge < -0.3 is 9.52 Å². The Hall–Kier alpha value is -2.61. The second-order valence-electron chi connectivity index (χ2n) is 4.89. The summed E-state index contributed by atoms with van der Waals surface area (Å²) in [5.41, 5.74) is 1.51. The van der Waals surface area contributed by atoms with Crippen LogP contribution >= 0.6 is 0 Å². The molecule has 2 aromatic rings. The number of carboxylic acid groups (broad SMARTS) is 1. The molecule has 0 bridgehead atoms. The summed E-state index contributed by atoms with van der Waals surface area (Å²) in [6.45, 7) is 3.96. The molecule has 20 heavy (non-hydrogen) atoms. The van der Waals surface area contributed by atoms with Gasteiger partial charge in [-0.25, -0.2) is 9.78 Å². The highest BCUT2D eigenvalue weighted by molar-refractivity contribution is 5.86. The molecule has 0 atom stereocenters. The zero-order chi connectivity index (χ0) is 14.7. The van der Waals surface area contributed by atoms with E-state index in [0.29, 0.717) is 23.2 Å². The molecule has 1 N–H and O–H groups in total. The van der Waals surface area contributed by atoms with Crippen LogP contribution in [0.4, 0.5) is 0 Å². The van der Waals surface area contributed by atoms with Gasteiger partial charge in [-0.1, -0.05) is 19.9 Å². The summed E-state index contributed by atoms with van der Waals surface area (Å²) in [6, 6.07) is 8.76. The van der Waals surface area contributed by atoms with E-state index >= 15 is 0 Å². The van der Waals surface area contributed by atoms with Crippen molar-refractivity contribution in [2.24, 2.45) is 5.92 Å². The molecular formula is C15H14N2O3. The van der Waals surface area contributed by atoms with Gasteiger partial charge in [0.2, 0.25) is 11.7 Å². The molecule has 0 radical (unpaired) electrons. The number of carboxylic acids is 1. The minimum atomic E-state index is -1.13. The van der Waals surface area contributed by atoms with Crippen LogP contribution in [0.15, 0.2) is 28.7 Å². The van der Waals surface area contributed by atoms with Crippen molar-refractivity contribution in [3.05, 3.63) is 41.3 Å². The van der Waals surface area contributed by atoms with Gasteiger partial charge in [0.15, 0.2) is 0 Å². The van der Waals surface area contributed by atoms with Gasteiger partial charge in [-0.3, -0.25) is 0 Å². The normalized spacial score (nSPS) is 10.5. The maximum Gasteiger partial charge on any atom is 0.373 e. The van der Waals surface area contributed by atoms with Crippen LogP contribution in [0.3, 0.4) is 0 Å². The summed E-state index contributed by atoms with van der Waals surface area (Å²) < 4.78 is 5.34. The minimum Gasteiger partial charge on any atom is -0.475 e. The largest absolute Gasteiger partial charge is 0.475 e. The van der Waals surface area contributed by atoms with E-state index in [9.17, 15) is 4.79 Å². The first-order chi connectivity index (χ1) is 9.51. The fourth-order valence-electron chi connectivity index (χ4n) is 1.89. The molecule has 0 aliphatic heterocycles. The van der Waals surface area contributed by atoms with Crippen molar-refractivity contribution < 1.29 is 14.3 Å². The van der Waals surface area contributed by atoms with Crippen molar-refractivity contribution in [2.45, 2.75) is 20.3 Å². The third kappa shape index (κ3) is 2.86. The van der Waals surface area contributed by atoms with E-state index in [1.807, 2.05) is 19.9 Å². The van der Waals surface area contributed by atoms with Gasteiger partial charge >= 0.3 is 5.97 Å². The number of rotatable bonds is 4. The molecular weight excluding hydrogens is 256 g/mol. The lowest BCUT2D eigenvalue weighted by molar-refractivity contribution is 0.0661. The maximum atomic E-state index is 11.2. The van der Waals surface area contributed by atoms with E-state index in [2.05, 4.69) is 4.98 Å². The molecule has 5 heteroatoms. The molecule has 0 aliphatic carbocycles. The van der Waals surface area contributed by atoms with Crippen LogP contribution in [0.25, 0.3) is 11.5 Å². The predicted octanol–water partition coefficient (Wildman–Crippen LogP) is 3.11. The average Bonchev–Trinajstić information content (AvgIpc) is 2.82. The van der Waals surface area contributed by atoms with Crippen LogP contribution in [0.5, 0.6) is 0 Å². The summed E-state index contributed by atoms with van der Waals surface area (Å²) in [5, 5.41) is 18.0. The molecule has 1 aromatic carbocycles. The predicted molar refractivity (Wildman–Crippen MR) is 72.2 cm³/mol. The highest BCUT2D eigenvalue weighted by atomic mass is 16.4. The summed E-state index contributed by atoms with van der Waals surface area (Å²) in [4.78, 5) is 15.4. The average molecular weight is 270 g/mol. The molecule has 0 amide bonds. The van der Waals surface area contributed by atoms with Crippen molar-refractivity contribution in [3.8, 4) is 17.5 Å². The SMILES string of the molecule is CC(C)Cc1nc(-c2cccc(C#N)c2)oc1C(=O)O. The fraction of sp³-hybridized carbons (Fsp3) is 0.267. The van der Waals surface area contributed by atoms with Crippen LogP contribution in [-0.2, 0) is 6.42 Å². The van der Waals surface area contributed by atoms with E-state index < -0.39 is 5.97 Å². The quantitative estimate of drug-likeness (QED) is 0.922. The number of nitriles is 1. The highest BCUT2D eigenvalue weighted by Gasteiger charge is 2.21. The fourth-order valence-corrected chi connectivity index (χ4v) is 1.89. The van der Waals surface area contributed by atoms with Crippen molar-refractivity contribution in [3.63, 3.8) is 0 Å². The highest BCUT2D eigenvalue weighted by Crippen LogP contribution is 2.24. The van der Waals surface area contributed by atoms with Gasteiger partial charge in [-0.05, 0) is 30.5 Å². The molecule has 1 heterocycles. The topological polar surface area (TPSA) is 87.1 Å². The molecule has 1 aromatic heterocycles. The van der Waals surface area contributed by atoms with E-state index in [1.165, 1.54) is 0 Å². The standard InChI is InChI=1S/C15H14N2O3/c1-9(2)6-12-13(15(18)19)20-14(17-12)11-5-3-4-10(7-11)8-16/h3-5,7,9H,6H2,1-2H3,(H,18,19). The van der Waals surface area contributed by atoms with E-state index in [4.69, 9.17) is 14.8 Å². The molecule has 0 fully saturated rings. The zero-order valence-corrected chi connectivity index (χ0v) is 11.3. The molecule has 0 spiro atoms. The number of oxazole rings is 1. The van der Waals surface area contributed by atoms with Crippen molar-refractivity contribution in [1.82, 2.24) is 4.98 Å². The first-order valence-electron chi connectivity index (χ1n) is 6.24. The summed E-state index contributed by atoms with van der Waals surface area (Å²) in [7, 11) is 0. The van der Waals surface area contributed by atoms with E-state index in [1.54, 1.807) is 24.3 Å². The van der Waals surface area contributed by atoms with Crippen molar-refractivity contribution >= 4 is 5.97 Å². The van der Waals surface area contributed by atoms with Gasteiger partial charge in [0.25, 0.3) is 0 Å². The van der Waals surface area contributed by atoms with Crippen LogP contribution in [0.2, 0.25) is 0 Å². The lowest BCUT2D eigenvalue weighted by Gasteiger charge is -2.00. The number of hydrogen-bond acceptors (Lipinski definition) is 4. The Bertz CT molecular complexity index is 681. The second kappa shape index (κ2) is 5.57. The molecule has 2 rings (SSSR count). The van der Waals surface area contributed by atoms with Crippen molar-refractivity contribution in [1.29, 1.82) is 5.26 Å². The monoisotopic (exact) mass is 270 g/mol. The number of nitrogens with zero attached hydrogens (tertiary/aromatic N) is 2. The van der Waals surface area contributed by atoms with Crippen LogP contribution < -0.4 is 0 Å². The second-order valence-corrected chi connectivity index (χ2v) is 4.89. The molecule has 5 nitrogen and oxygen atoms in total. The first-order valence-corrected chi connectivity index (χ1v) is 6.24. The van der Waals surface area contributed by atoms with E-state index in [-0.39, 0.29) is 17.6 Å². The van der Waals surface area contributed by atoms with E-state index in [0.717, 1.165) is 0 Å². The molecule has 102 valence electrons. The van der Waals surface area contributed by atoms with Crippen molar-refractivity contribution in [2.75, 3.05) is 0 Å². The summed E-state index contributed by atoms with van der Waals surface area (Å²) in [5.74, 6) is -0.751. The molecule has 0 aliphatic rings. The Morgan fingerprint density at radius 2 is 2.25 bits per heavy atom. The zero-order valence-electron chi connectivity index (χ0n) is 11.3. The van der Waals surface area contributed by atoms with Gasteiger partial charge in [-0.2, -0.15) is 5.26 Å². The number of aromatic carboxylic acids is 1. The Kier molecular flexibility index (Phi) is 3.85. The molecule has 0 unspecified atom stereocenters.